The fourth-order valence-corrected chi connectivity index (χ4v) is 2.06. The topological polar surface area (TPSA) is 26.0 Å². The van der Waals surface area contributed by atoms with Crippen molar-refractivity contribution in [1.29, 1.82) is 0 Å². The van der Waals surface area contributed by atoms with Gasteiger partial charge in [0.2, 0.25) is 0 Å². The molecule has 0 saturated carbocycles. The molecule has 3 heteroatoms. The summed E-state index contributed by atoms with van der Waals surface area (Å²) in [5.74, 6) is 0.879. The van der Waals surface area contributed by atoms with Gasteiger partial charge in [-0.05, 0) is 37.8 Å². The molecule has 0 atom stereocenters. The standard InChI is InChI=1S/C12H13NOS.C2H6/c1-8-12(9(2)14-13-8)10-4-6-11(15-3)7-5-10;1-2/h4-7H,1-3H3;1-2H3. The van der Waals surface area contributed by atoms with E-state index in [1.807, 2.05) is 27.7 Å². The number of hydrogen-bond donors (Lipinski definition) is 0. The van der Waals surface area contributed by atoms with E-state index >= 15 is 0 Å². The maximum Gasteiger partial charge on any atom is 0.141 e. The number of thioether (sulfide) groups is 1. The second kappa shape index (κ2) is 6.50. The molecule has 0 aliphatic heterocycles. The van der Waals surface area contributed by atoms with E-state index < -0.39 is 0 Å². The molecule has 2 aromatic rings. The van der Waals surface area contributed by atoms with Gasteiger partial charge in [-0.15, -0.1) is 11.8 Å². The second-order valence-corrected chi connectivity index (χ2v) is 4.31. The molecule has 0 fully saturated rings. The molecule has 1 heterocycles. The van der Waals surface area contributed by atoms with E-state index in [4.69, 9.17) is 4.52 Å². The van der Waals surface area contributed by atoms with Gasteiger partial charge in [0, 0.05) is 10.5 Å². The average Bonchev–Trinajstić information content (AvgIpc) is 2.72. The molecule has 0 bridgehead atoms. The van der Waals surface area contributed by atoms with Crippen LogP contribution in [0, 0.1) is 13.8 Å². The maximum atomic E-state index is 5.15. The summed E-state index contributed by atoms with van der Waals surface area (Å²) in [6.45, 7) is 7.91. The van der Waals surface area contributed by atoms with Crippen LogP contribution >= 0.6 is 11.8 Å². The molecule has 0 N–H and O–H groups in total. The molecule has 0 saturated heterocycles. The zero-order chi connectivity index (χ0) is 12.8. The van der Waals surface area contributed by atoms with Crippen LogP contribution in [0.15, 0.2) is 33.7 Å². The quantitative estimate of drug-likeness (QED) is 0.721. The lowest BCUT2D eigenvalue weighted by Crippen LogP contribution is -1.81. The molecular formula is C14H19NOS. The number of rotatable bonds is 2. The fourth-order valence-electron chi connectivity index (χ4n) is 1.65. The van der Waals surface area contributed by atoms with Gasteiger partial charge < -0.3 is 4.52 Å². The van der Waals surface area contributed by atoms with Gasteiger partial charge in [0.05, 0.1) is 5.69 Å². The largest absolute Gasteiger partial charge is 0.361 e. The monoisotopic (exact) mass is 249 g/mol. The van der Waals surface area contributed by atoms with Gasteiger partial charge >= 0.3 is 0 Å². The summed E-state index contributed by atoms with van der Waals surface area (Å²) in [5.41, 5.74) is 3.23. The molecule has 92 valence electrons. The Hall–Kier alpha value is -1.22. The molecule has 0 spiro atoms. The van der Waals surface area contributed by atoms with E-state index in [1.165, 1.54) is 10.5 Å². The van der Waals surface area contributed by atoms with Crippen LogP contribution in [-0.2, 0) is 0 Å². The van der Waals surface area contributed by atoms with E-state index in [2.05, 4.69) is 35.7 Å². The van der Waals surface area contributed by atoms with Crippen LogP contribution in [0.25, 0.3) is 11.1 Å². The van der Waals surface area contributed by atoms with Crippen LogP contribution in [0.4, 0.5) is 0 Å². The first-order valence-corrected chi connectivity index (χ1v) is 7.02. The molecule has 1 aromatic heterocycles. The van der Waals surface area contributed by atoms with Crippen molar-refractivity contribution in [3.63, 3.8) is 0 Å². The van der Waals surface area contributed by atoms with Gasteiger partial charge in [-0.1, -0.05) is 31.1 Å². The Kier molecular flexibility index (Phi) is 5.29. The van der Waals surface area contributed by atoms with Gasteiger partial charge in [0.15, 0.2) is 0 Å². The molecule has 2 rings (SSSR count). The van der Waals surface area contributed by atoms with Crippen molar-refractivity contribution in [3.8, 4) is 11.1 Å². The summed E-state index contributed by atoms with van der Waals surface area (Å²) in [6, 6.07) is 8.45. The Balaban J connectivity index is 0.000000686. The van der Waals surface area contributed by atoms with Crippen LogP contribution in [0.2, 0.25) is 0 Å². The summed E-state index contributed by atoms with van der Waals surface area (Å²) in [7, 11) is 0. The number of benzene rings is 1. The van der Waals surface area contributed by atoms with E-state index in [0.717, 1.165) is 17.0 Å². The molecule has 0 amide bonds. The molecule has 1 aromatic carbocycles. The van der Waals surface area contributed by atoms with Crippen molar-refractivity contribution >= 4 is 11.8 Å². The van der Waals surface area contributed by atoms with Crippen LogP contribution in [0.1, 0.15) is 25.3 Å². The number of aromatic nitrogens is 1. The Morgan fingerprint density at radius 1 is 1.06 bits per heavy atom. The number of aryl methyl sites for hydroxylation is 2. The van der Waals surface area contributed by atoms with E-state index in [0.29, 0.717) is 0 Å². The fraction of sp³-hybridized carbons (Fsp3) is 0.357. The highest BCUT2D eigenvalue weighted by Gasteiger charge is 2.10. The maximum absolute atomic E-state index is 5.15. The number of nitrogens with zero attached hydrogens (tertiary/aromatic N) is 1. The van der Waals surface area contributed by atoms with Gasteiger partial charge in [-0.3, -0.25) is 0 Å². The first-order chi connectivity index (χ1) is 8.22. The summed E-state index contributed by atoms with van der Waals surface area (Å²) in [4.78, 5) is 1.27. The Morgan fingerprint density at radius 2 is 1.65 bits per heavy atom. The number of hydrogen-bond acceptors (Lipinski definition) is 3. The molecule has 0 aliphatic rings. The lowest BCUT2D eigenvalue weighted by molar-refractivity contribution is 0.393. The lowest BCUT2D eigenvalue weighted by Gasteiger charge is -2.01. The molecule has 0 radical (unpaired) electrons. The summed E-state index contributed by atoms with van der Waals surface area (Å²) < 4.78 is 5.15. The van der Waals surface area contributed by atoms with Crippen molar-refractivity contribution in [2.45, 2.75) is 32.6 Å². The van der Waals surface area contributed by atoms with Crippen molar-refractivity contribution in [2.75, 3.05) is 6.26 Å². The van der Waals surface area contributed by atoms with E-state index in [1.54, 1.807) is 11.8 Å². The van der Waals surface area contributed by atoms with Gasteiger partial charge in [-0.2, -0.15) is 0 Å². The third-order valence-electron chi connectivity index (χ3n) is 2.41. The molecular weight excluding hydrogens is 230 g/mol. The molecule has 2 nitrogen and oxygen atoms in total. The van der Waals surface area contributed by atoms with Crippen LogP contribution in [-0.4, -0.2) is 11.4 Å². The summed E-state index contributed by atoms with van der Waals surface area (Å²) in [6.07, 6.45) is 2.07. The van der Waals surface area contributed by atoms with E-state index in [-0.39, 0.29) is 0 Å². The van der Waals surface area contributed by atoms with Crippen LogP contribution in [0.3, 0.4) is 0 Å². The van der Waals surface area contributed by atoms with Crippen LogP contribution < -0.4 is 0 Å². The van der Waals surface area contributed by atoms with Crippen molar-refractivity contribution in [2.24, 2.45) is 0 Å². The first kappa shape index (κ1) is 13.8. The predicted molar refractivity (Wildman–Crippen MR) is 74.5 cm³/mol. The van der Waals surface area contributed by atoms with Gasteiger partial charge in [0.1, 0.15) is 5.76 Å². The van der Waals surface area contributed by atoms with Crippen molar-refractivity contribution in [1.82, 2.24) is 5.16 Å². The highest BCUT2D eigenvalue weighted by Crippen LogP contribution is 2.28. The smallest absolute Gasteiger partial charge is 0.141 e. The van der Waals surface area contributed by atoms with E-state index in [9.17, 15) is 0 Å². The minimum Gasteiger partial charge on any atom is -0.361 e. The summed E-state index contributed by atoms with van der Waals surface area (Å²) >= 11 is 1.74. The molecule has 17 heavy (non-hydrogen) atoms. The predicted octanol–water partition coefficient (Wildman–Crippen LogP) is 4.71. The van der Waals surface area contributed by atoms with Gasteiger partial charge in [0.25, 0.3) is 0 Å². The third kappa shape index (κ3) is 3.13. The van der Waals surface area contributed by atoms with Gasteiger partial charge in [-0.25, -0.2) is 0 Å². The first-order valence-electron chi connectivity index (χ1n) is 5.79. The SMILES string of the molecule is CC.CSc1ccc(-c2c(C)noc2C)cc1. The lowest BCUT2D eigenvalue weighted by atomic mass is 10.0. The highest BCUT2D eigenvalue weighted by atomic mass is 32.2. The molecule has 0 unspecified atom stereocenters. The average molecular weight is 249 g/mol. The zero-order valence-electron chi connectivity index (χ0n) is 11.1. The zero-order valence-corrected chi connectivity index (χ0v) is 11.9. The Morgan fingerprint density at radius 3 is 2.06 bits per heavy atom. The van der Waals surface area contributed by atoms with Crippen molar-refractivity contribution < 1.29 is 4.52 Å². The highest BCUT2D eigenvalue weighted by molar-refractivity contribution is 7.98. The summed E-state index contributed by atoms with van der Waals surface area (Å²) in [5, 5.41) is 3.95. The van der Waals surface area contributed by atoms with Crippen molar-refractivity contribution in [3.05, 3.63) is 35.7 Å². The third-order valence-corrected chi connectivity index (χ3v) is 3.16. The Labute approximate surface area is 107 Å². The normalized spacial score (nSPS) is 9.71. The second-order valence-electron chi connectivity index (χ2n) is 3.43. The minimum atomic E-state index is 0.879. The Bertz CT molecular complexity index is 440. The minimum absolute atomic E-state index is 0.879. The van der Waals surface area contributed by atoms with Crippen LogP contribution in [0.5, 0.6) is 0 Å². The molecule has 0 aliphatic carbocycles.